The van der Waals surface area contributed by atoms with Gasteiger partial charge in [0.1, 0.15) is 0 Å². The molecule has 0 heterocycles. The van der Waals surface area contributed by atoms with Gasteiger partial charge in [0.25, 0.3) is 0 Å². The molecule has 1 rings (SSSR count). The fraction of sp³-hybridized carbons (Fsp3) is 0.273. The molecule has 0 radical (unpaired) electrons. The number of amides is 2. The lowest BCUT2D eigenvalue weighted by atomic mass is 10.1. The van der Waals surface area contributed by atoms with Crippen LogP contribution in [0.2, 0.25) is 0 Å². The molecule has 86 valence electrons. The number of carbonyl (C=O) groups excluding carboxylic acids is 2. The molecule has 0 aromatic heterocycles. The highest BCUT2D eigenvalue weighted by molar-refractivity contribution is 5.97. The molecule has 0 unspecified atom stereocenters. The van der Waals surface area contributed by atoms with E-state index in [1.165, 1.54) is 0 Å². The van der Waals surface area contributed by atoms with Gasteiger partial charge in [-0.15, -0.1) is 0 Å². The van der Waals surface area contributed by atoms with Crippen LogP contribution in [0.3, 0.4) is 0 Å². The second-order valence-electron chi connectivity index (χ2n) is 3.67. The summed E-state index contributed by atoms with van der Waals surface area (Å²) in [5, 5.41) is 2.66. The first-order valence-corrected chi connectivity index (χ1v) is 4.88. The van der Waals surface area contributed by atoms with Crippen LogP contribution in [0.4, 0.5) is 5.69 Å². The number of nitrogens with one attached hydrogen (secondary N) is 1. The third-order valence-electron chi connectivity index (χ3n) is 2.18. The maximum atomic E-state index is 11.4. The fourth-order valence-corrected chi connectivity index (χ4v) is 1.20. The van der Waals surface area contributed by atoms with E-state index in [-0.39, 0.29) is 5.91 Å². The SMILES string of the molecule is Cc1cc(C(N)=O)ccc1NC(=O)[C@@H](C)N. The third kappa shape index (κ3) is 2.80. The Bertz CT molecular complexity index is 427. The topological polar surface area (TPSA) is 98.2 Å². The molecule has 0 aliphatic rings. The Morgan fingerprint density at radius 3 is 2.44 bits per heavy atom. The van der Waals surface area contributed by atoms with Crippen molar-refractivity contribution in [2.75, 3.05) is 5.32 Å². The summed E-state index contributed by atoms with van der Waals surface area (Å²) in [5.74, 6) is -0.761. The molecule has 0 saturated carbocycles. The Balaban J connectivity index is 2.91. The molecular formula is C11H15N3O2. The van der Waals surface area contributed by atoms with Crippen molar-refractivity contribution < 1.29 is 9.59 Å². The van der Waals surface area contributed by atoms with Crippen molar-refractivity contribution in [3.63, 3.8) is 0 Å². The number of carbonyl (C=O) groups is 2. The highest BCUT2D eigenvalue weighted by Gasteiger charge is 2.10. The first-order valence-electron chi connectivity index (χ1n) is 4.88. The lowest BCUT2D eigenvalue weighted by molar-refractivity contribution is -0.117. The summed E-state index contributed by atoms with van der Waals surface area (Å²) in [6, 6.07) is 4.25. The maximum absolute atomic E-state index is 11.4. The van der Waals surface area contributed by atoms with Crippen LogP contribution in [-0.4, -0.2) is 17.9 Å². The molecule has 0 bridgehead atoms. The van der Waals surface area contributed by atoms with E-state index in [2.05, 4.69) is 5.32 Å². The minimum atomic E-state index is -0.574. The van der Waals surface area contributed by atoms with E-state index in [9.17, 15) is 9.59 Å². The molecule has 1 atom stereocenters. The molecule has 0 aliphatic heterocycles. The largest absolute Gasteiger partial charge is 0.366 e. The predicted molar refractivity (Wildman–Crippen MR) is 62.0 cm³/mol. The van der Waals surface area contributed by atoms with Crippen LogP contribution in [0.15, 0.2) is 18.2 Å². The zero-order valence-corrected chi connectivity index (χ0v) is 9.28. The molecule has 16 heavy (non-hydrogen) atoms. The van der Waals surface area contributed by atoms with Crippen LogP contribution >= 0.6 is 0 Å². The van der Waals surface area contributed by atoms with Crippen molar-refractivity contribution >= 4 is 17.5 Å². The molecule has 0 spiro atoms. The first-order chi connectivity index (χ1) is 7.41. The number of anilines is 1. The second-order valence-corrected chi connectivity index (χ2v) is 3.67. The summed E-state index contributed by atoms with van der Waals surface area (Å²) in [4.78, 5) is 22.3. The zero-order chi connectivity index (χ0) is 12.3. The van der Waals surface area contributed by atoms with Gasteiger partial charge in [0, 0.05) is 11.3 Å². The van der Waals surface area contributed by atoms with Crippen molar-refractivity contribution in [2.45, 2.75) is 19.9 Å². The number of rotatable bonds is 3. The molecular weight excluding hydrogens is 206 g/mol. The molecule has 5 N–H and O–H groups in total. The van der Waals surface area contributed by atoms with Gasteiger partial charge in [-0.1, -0.05) is 0 Å². The third-order valence-corrected chi connectivity index (χ3v) is 2.18. The van der Waals surface area contributed by atoms with Crippen LogP contribution < -0.4 is 16.8 Å². The minimum absolute atomic E-state index is 0.269. The normalized spacial score (nSPS) is 11.9. The smallest absolute Gasteiger partial charge is 0.248 e. The monoisotopic (exact) mass is 221 g/mol. The van der Waals surface area contributed by atoms with E-state index in [0.717, 1.165) is 5.56 Å². The summed E-state index contributed by atoms with van der Waals surface area (Å²) in [6.07, 6.45) is 0. The number of nitrogens with two attached hydrogens (primary N) is 2. The van der Waals surface area contributed by atoms with Crippen LogP contribution in [-0.2, 0) is 4.79 Å². The van der Waals surface area contributed by atoms with Gasteiger partial charge in [-0.05, 0) is 37.6 Å². The Kier molecular flexibility index (Phi) is 3.63. The van der Waals surface area contributed by atoms with Gasteiger partial charge < -0.3 is 16.8 Å². The minimum Gasteiger partial charge on any atom is -0.366 e. The van der Waals surface area contributed by atoms with Gasteiger partial charge in [-0.2, -0.15) is 0 Å². The van der Waals surface area contributed by atoms with Gasteiger partial charge >= 0.3 is 0 Å². The summed E-state index contributed by atoms with van der Waals surface area (Å²) in [6.45, 7) is 3.38. The number of benzene rings is 1. The van der Waals surface area contributed by atoms with Crippen LogP contribution in [0, 0.1) is 6.92 Å². The van der Waals surface area contributed by atoms with Gasteiger partial charge in [-0.25, -0.2) is 0 Å². The van der Waals surface area contributed by atoms with E-state index in [0.29, 0.717) is 11.3 Å². The quantitative estimate of drug-likeness (QED) is 0.688. The predicted octanol–water partition coefficient (Wildman–Crippen LogP) is 0.380. The molecule has 0 aliphatic carbocycles. The van der Waals surface area contributed by atoms with Crippen molar-refractivity contribution in [2.24, 2.45) is 11.5 Å². The van der Waals surface area contributed by atoms with Crippen LogP contribution in [0.5, 0.6) is 0 Å². The van der Waals surface area contributed by atoms with E-state index in [1.54, 1.807) is 32.0 Å². The fourth-order valence-electron chi connectivity index (χ4n) is 1.20. The number of primary amides is 1. The van der Waals surface area contributed by atoms with Gasteiger partial charge in [0.05, 0.1) is 6.04 Å². The number of aryl methyl sites for hydroxylation is 1. The van der Waals surface area contributed by atoms with Crippen LogP contribution in [0.1, 0.15) is 22.8 Å². The van der Waals surface area contributed by atoms with E-state index >= 15 is 0 Å². The maximum Gasteiger partial charge on any atom is 0.248 e. The second kappa shape index (κ2) is 4.76. The Labute approximate surface area is 93.8 Å². The number of hydrogen-bond acceptors (Lipinski definition) is 3. The van der Waals surface area contributed by atoms with E-state index < -0.39 is 11.9 Å². The summed E-state index contributed by atoms with van der Waals surface area (Å²) in [5.41, 5.74) is 12.4. The summed E-state index contributed by atoms with van der Waals surface area (Å²) < 4.78 is 0. The van der Waals surface area contributed by atoms with Crippen molar-refractivity contribution in [1.29, 1.82) is 0 Å². The Morgan fingerprint density at radius 1 is 1.38 bits per heavy atom. The van der Waals surface area contributed by atoms with E-state index in [1.807, 2.05) is 0 Å². The van der Waals surface area contributed by atoms with Crippen molar-refractivity contribution in [3.05, 3.63) is 29.3 Å². The zero-order valence-electron chi connectivity index (χ0n) is 9.28. The molecule has 1 aromatic rings. The van der Waals surface area contributed by atoms with Gasteiger partial charge in [0.2, 0.25) is 11.8 Å². The lowest BCUT2D eigenvalue weighted by Gasteiger charge is -2.10. The summed E-state index contributed by atoms with van der Waals surface area (Å²) >= 11 is 0. The average molecular weight is 221 g/mol. The molecule has 5 heteroatoms. The van der Waals surface area contributed by atoms with E-state index in [4.69, 9.17) is 11.5 Å². The van der Waals surface area contributed by atoms with Gasteiger partial charge in [-0.3, -0.25) is 9.59 Å². The standard InChI is InChI=1S/C11H15N3O2/c1-6-5-8(10(13)15)3-4-9(6)14-11(16)7(2)12/h3-5,7H,12H2,1-2H3,(H2,13,15)(H,14,16)/t7-/m1/s1. The van der Waals surface area contributed by atoms with Gasteiger partial charge in [0.15, 0.2) is 0 Å². The molecule has 0 saturated heterocycles. The highest BCUT2D eigenvalue weighted by atomic mass is 16.2. The first kappa shape index (κ1) is 12.2. The lowest BCUT2D eigenvalue weighted by Crippen LogP contribution is -2.32. The Morgan fingerprint density at radius 2 is 2.00 bits per heavy atom. The number of hydrogen-bond donors (Lipinski definition) is 3. The molecule has 0 fully saturated rings. The molecule has 1 aromatic carbocycles. The molecule has 2 amide bonds. The van der Waals surface area contributed by atoms with Crippen molar-refractivity contribution in [1.82, 2.24) is 0 Å². The van der Waals surface area contributed by atoms with Crippen LogP contribution in [0.25, 0.3) is 0 Å². The summed E-state index contributed by atoms with van der Waals surface area (Å²) in [7, 11) is 0. The highest BCUT2D eigenvalue weighted by Crippen LogP contribution is 2.16. The Hall–Kier alpha value is -1.88. The molecule has 5 nitrogen and oxygen atoms in total. The van der Waals surface area contributed by atoms with Crippen molar-refractivity contribution in [3.8, 4) is 0 Å². The average Bonchev–Trinajstić information content (AvgIpc) is 2.20.